The molecule has 1 amide bonds. The average molecular weight is 277 g/mol. The molecule has 0 aromatic heterocycles. The quantitative estimate of drug-likeness (QED) is 0.450. The van der Waals surface area contributed by atoms with Gasteiger partial charge in [-0.15, -0.1) is 0 Å². The SMILES string of the molecule is O=C(CCCC=CCC=CCC=CCCO)NC1CC1. The van der Waals surface area contributed by atoms with E-state index in [2.05, 4.69) is 35.7 Å². The first kappa shape index (κ1) is 16.7. The number of hydrogen-bond donors (Lipinski definition) is 2. The second-order valence-electron chi connectivity index (χ2n) is 5.13. The molecule has 2 N–H and O–H groups in total. The summed E-state index contributed by atoms with van der Waals surface area (Å²) in [7, 11) is 0. The number of aliphatic hydroxyl groups is 1. The molecule has 112 valence electrons. The van der Waals surface area contributed by atoms with Gasteiger partial charge in [0.1, 0.15) is 0 Å². The highest BCUT2D eigenvalue weighted by molar-refractivity contribution is 5.76. The Morgan fingerprint density at radius 2 is 1.60 bits per heavy atom. The predicted molar refractivity (Wildman–Crippen MR) is 83.4 cm³/mol. The fraction of sp³-hybridized carbons (Fsp3) is 0.588. The number of carbonyl (C=O) groups is 1. The van der Waals surface area contributed by atoms with Crippen molar-refractivity contribution in [2.75, 3.05) is 6.61 Å². The Hall–Kier alpha value is -1.35. The molecule has 0 unspecified atom stereocenters. The summed E-state index contributed by atoms with van der Waals surface area (Å²) < 4.78 is 0. The molecule has 0 heterocycles. The maximum absolute atomic E-state index is 11.4. The van der Waals surface area contributed by atoms with Gasteiger partial charge in [-0.3, -0.25) is 4.79 Å². The minimum atomic E-state index is 0.204. The minimum absolute atomic E-state index is 0.204. The Morgan fingerprint density at radius 3 is 2.20 bits per heavy atom. The van der Waals surface area contributed by atoms with Gasteiger partial charge in [0.2, 0.25) is 5.91 Å². The number of carbonyl (C=O) groups excluding carboxylic acids is 1. The van der Waals surface area contributed by atoms with Gasteiger partial charge in [0.15, 0.2) is 0 Å². The van der Waals surface area contributed by atoms with Crippen LogP contribution in [-0.2, 0) is 4.79 Å². The Labute approximate surface area is 122 Å². The highest BCUT2D eigenvalue weighted by atomic mass is 16.2. The molecule has 0 aromatic carbocycles. The monoisotopic (exact) mass is 277 g/mol. The largest absolute Gasteiger partial charge is 0.396 e. The second kappa shape index (κ2) is 11.5. The van der Waals surface area contributed by atoms with E-state index in [-0.39, 0.29) is 12.5 Å². The van der Waals surface area contributed by atoms with Crippen LogP contribution in [0.5, 0.6) is 0 Å². The van der Waals surface area contributed by atoms with Crippen LogP contribution in [0.15, 0.2) is 36.5 Å². The number of rotatable bonds is 11. The fourth-order valence-corrected chi connectivity index (χ4v) is 1.76. The third-order valence-corrected chi connectivity index (χ3v) is 3.06. The van der Waals surface area contributed by atoms with Crippen molar-refractivity contribution in [2.24, 2.45) is 0 Å². The normalized spacial score (nSPS) is 15.7. The Balaban J connectivity index is 1.88. The zero-order valence-electron chi connectivity index (χ0n) is 12.3. The summed E-state index contributed by atoms with van der Waals surface area (Å²) in [5.41, 5.74) is 0. The van der Waals surface area contributed by atoms with E-state index in [1.165, 1.54) is 0 Å². The topological polar surface area (TPSA) is 49.3 Å². The molecule has 1 aliphatic carbocycles. The summed E-state index contributed by atoms with van der Waals surface area (Å²) in [6.45, 7) is 0.224. The third kappa shape index (κ3) is 10.6. The zero-order chi connectivity index (χ0) is 14.5. The highest BCUT2D eigenvalue weighted by Gasteiger charge is 2.22. The van der Waals surface area contributed by atoms with Gasteiger partial charge in [-0.25, -0.2) is 0 Å². The molecule has 0 aliphatic heterocycles. The van der Waals surface area contributed by atoms with Crippen LogP contribution < -0.4 is 5.32 Å². The van der Waals surface area contributed by atoms with Crippen LogP contribution in [-0.4, -0.2) is 23.7 Å². The van der Waals surface area contributed by atoms with E-state index >= 15 is 0 Å². The molecule has 1 aliphatic rings. The highest BCUT2D eigenvalue weighted by Crippen LogP contribution is 2.18. The molecule has 1 fully saturated rings. The van der Waals surface area contributed by atoms with Crippen molar-refractivity contribution in [3.63, 3.8) is 0 Å². The Kier molecular flexibility index (Phi) is 9.58. The first-order valence-electron chi connectivity index (χ1n) is 7.68. The number of unbranched alkanes of at least 4 members (excludes halogenated alkanes) is 1. The summed E-state index contributed by atoms with van der Waals surface area (Å²) in [6.07, 6.45) is 20.1. The molecule has 0 spiro atoms. The van der Waals surface area contributed by atoms with E-state index in [0.717, 1.165) is 44.9 Å². The smallest absolute Gasteiger partial charge is 0.220 e. The van der Waals surface area contributed by atoms with Crippen LogP contribution in [0.25, 0.3) is 0 Å². The van der Waals surface area contributed by atoms with E-state index in [1.54, 1.807) is 0 Å². The third-order valence-electron chi connectivity index (χ3n) is 3.06. The fourth-order valence-electron chi connectivity index (χ4n) is 1.76. The maximum atomic E-state index is 11.4. The molecule has 1 saturated carbocycles. The van der Waals surface area contributed by atoms with Gasteiger partial charge in [0, 0.05) is 19.1 Å². The number of amides is 1. The molecule has 3 heteroatoms. The molecule has 0 aromatic rings. The molecule has 0 radical (unpaired) electrons. The van der Waals surface area contributed by atoms with Crippen molar-refractivity contribution in [2.45, 2.75) is 57.4 Å². The van der Waals surface area contributed by atoms with E-state index in [9.17, 15) is 4.79 Å². The van der Waals surface area contributed by atoms with Crippen LogP contribution in [0.4, 0.5) is 0 Å². The molecular formula is C17H27NO2. The second-order valence-corrected chi connectivity index (χ2v) is 5.13. The van der Waals surface area contributed by atoms with Gasteiger partial charge in [0.05, 0.1) is 0 Å². The summed E-state index contributed by atoms with van der Waals surface area (Å²) in [5.74, 6) is 0.204. The van der Waals surface area contributed by atoms with Crippen LogP contribution in [0.1, 0.15) is 51.4 Å². The summed E-state index contributed by atoms with van der Waals surface area (Å²) >= 11 is 0. The van der Waals surface area contributed by atoms with Crippen molar-refractivity contribution in [3.05, 3.63) is 36.5 Å². The summed E-state index contributed by atoms with van der Waals surface area (Å²) in [4.78, 5) is 11.4. The number of nitrogens with one attached hydrogen (secondary N) is 1. The van der Waals surface area contributed by atoms with Crippen molar-refractivity contribution >= 4 is 5.91 Å². The van der Waals surface area contributed by atoms with Gasteiger partial charge in [0.25, 0.3) is 0 Å². The first-order valence-corrected chi connectivity index (χ1v) is 7.68. The van der Waals surface area contributed by atoms with Crippen LogP contribution >= 0.6 is 0 Å². The standard InChI is InChI=1S/C17H27NO2/c19-15-11-9-7-5-3-1-2-4-6-8-10-12-17(20)18-16-13-14-16/h1,3-4,6-7,9,16,19H,2,5,8,10-15H2,(H,18,20). The zero-order valence-corrected chi connectivity index (χ0v) is 12.3. The first-order chi connectivity index (χ1) is 9.83. The van der Waals surface area contributed by atoms with Gasteiger partial charge in [-0.2, -0.15) is 0 Å². The van der Waals surface area contributed by atoms with E-state index < -0.39 is 0 Å². The van der Waals surface area contributed by atoms with Crippen LogP contribution in [0, 0.1) is 0 Å². The molecular weight excluding hydrogens is 250 g/mol. The number of hydrogen-bond acceptors (Lipinski definition) is 2. The van der Waals surface area contributed by atoms with Gasteiger partial charge >= 0.3 is 0 Å². The van der Waals surface area contributed by atoms with Crippen molar-refractivity contribution in [1.29, 1.82) is 0 Å². The predicted octanol–water partition coefficient (Wildman–Crippen LogP) is 3.27. The van der Waals surface area contributed by atoms with Crippen LogP contribution in [0.3, 0.4) is 0 Å². The van der Waals surface area contributed by atoms with Gasteiger partial charge < -0.3 is 10.4 Å². The van der Waals surface area contributed by atoms with Crippen molar-refractivity contribution < 1.29 is 9.90 Å². The van der Waals surface area contributed by atoms with Crippen LogP contribution in [0.2, 0.25) is 0 Å². The van der Waals surface area contributed by atoms with Crippen molar-refractivity contribution in [3.8, 4) is 0 Å². The average Bonchev–Trinajstić information content (AvgIpc) is 3.24. The van der Waals surface area contributed by atoms with Gasteiger partial charge in [-0.05, 0) is 44.9 Å². The molecule has 20 heavy (non-hydrogen) atoms. The van der Waals surface area contributed by atoms with E-state index in [0.29, 0.717) is 12.5 Å². The lowest BCUT2D eigenvalue weighted by atomic mass is 10.2. The number of allylic oxidation sites excluding steroid dienone is 5. The molecule has 1 rings (SSSR count). The summed E-state index contributed by atoms with van der Waals surface area (Å²) in [6, 6.07) is 0.481. The molecule has 0 atom stereocenters. The lowest BCUT2D eigenvalue weighted by Crippen LogP contribution is -2.24. The maximum Gasteiger partial charge on any atom is 0.220 e. The van der Waals surface area contributed by atoms with E-state index in [1.807, 2.05) is 6.08 Å². The van der Waals surface area contributed by atoms with Crippen molar-refractivity contribution in [1.82, 2.24) is 5.32 Å². The number of aliphatic hydroxyl groups excluding tert-OH is 1. The Morgan fingerprint density at radius 1 is 1.00 bits per heavy atom. The summed E-state index contributed by atoms with van der Waals surface area (Å²) in [5, 5.41) is 11.6. The molecule has 3 nitrogen and oxygen atoms in total. The lowest BCUT2D eigenvalue weighted by Gasteiger charge is -2.00. The van der Waals surface area contributed by atoms with E-state index in [4.69, 9.17) is 5.11 Å². The minimum Gasteiger partial charge on any atom is -0.396 e. The Bertz CT molecular complexity index is 341. The molecule has 0 saturated heterocycles. The lowest BCUT2D eigenvalue weighted by molar-refractivity contribution is -0.121. The van der Waals surface area contributed by atoms with Gasteiger partial charge in [-0.1, -0.05) is 36.5 Å². The molecule has 0 bridgehead atoms.